The molecule has 1 N–H and O–H groups in total. The Balaban J connectivity index is 1.75. The van der Waals surface area contributed by atoms with Crippen molar-refractivity contribution >= 4 is 5.71 Å². The van der Waals surface area contributed by atoms with Gasteiger partial charge < -0.3 is 10.2 Å². The summed E-state index contributed by atoms with van der Waals surface area (Å²) < 4.78 is 0. The van der Waals surface area contributed by atoms with Gasteiger partial charge in [-0.2, -0.15) is 0 Å². The van der Waals surface area contributed by atoms with Gasteiger partial charge in [0.15, 0.2) is 0 Å². The van der Waals surface area contributed by atoms with Crippen LogP contribution in [0.3, 0.4) is 0 Å². The largest absolute Gasteiger partial charge is 0.389 e. The molecule has 0 aromatic carbocycles. The second-order valence-electron chi connectivity index (χ2n) is 6.90. The molecule has 1 saturated heterocycles. The van der Waals surface area contributed by atoms with Gasteiger partial charge in [-0.05, 0) is 51.1 Å². The second kappa shape index (κ2) is 3.71. The molecule has 2 fully saturated rings. The molecule has 3 rings (SSSR count). The predicted molar refractivity (Wildman–Crippen MR) is 68.9 cm³/mol. The highest BCUT2D eigenvalue weighted by atomic mass is 16.7. The maximum atomic E-state index is 5.70. The quantitative estimate of drug-likeness (QED) is 0.815. The van der Waals surface area contributed by atoms with Crippen LogP contribution >= 0.6 is 0 Å². The Morgan fingerprint density at radius 2 is 2.00 bits per heavy atom. The molecule has 0 aromatic rings. The summed E-state index contributed by atoms with van der Waals surface area (Å²) in [6, 6.07) is 0. The first-order chi connectivity index (χ1) is 8.00. The monoisotopic (exact) mass is 236 g/mol. The van der Waals surface area contributed by atoms with Gasteiger partial charge in [0.2, 0.25) is 0 Å². The molecule has 0 bridgehead atoms. The van der Waals surface area contributed by atoms with Crippen molar-refractivity contribution in [2.75, 3.05) is 13.1 Å². The number of nitrogens with zero attached hydrogens (tertiary/aromatic N) is 1. The first-order valence-corrected chi connectivity index (χ1v) is 6.97. The summed E-state index contributed by atoms with van der Waals surface area (Å²) >= 11 is 0. The molecule has 4 atom stereocenters. The van der Waals surface area contributed by atoms with Gasteiger partial charge in [0.25, 0.3) is 0 Å². The Hall–Kier alpha value is -0.570. The van der Waals surface area contributed by atoms with E-state index in [2.05, 4.69) is 38.2 Å². The number of oxime groups is 1. The van der Waals surface area contributed by atoms with E-state index in [1.165, 1.54) is 25.2 Å². The zero-order valence-electron chi connectivity index (χ0n) is 11.4. The Labute approximate surface area is 104 Å². The minimum atomic E-state index is -0.0933. The van der Waals surface area contributed by atoms with Crippen molar-refractivity contribution < 1.29 is 4.84 Å². The lowest BCUT2D eigenvalue weighted by Crippen LogP contribution is -2.35. The summed E-state index contributed by atoms with van der Waals surface area (Å²) in [6.07, 6.45) is 1.20. The Morgan fingerprint density at radius 1 is 1.35 bits per heavy atom. The van der Waals surface area contributed by atoms with Gasteiger partial charge in [-0.1, -0.05) is 19.0 Å². The van der Waals surface area contributed by atoms with Gasteiger partial charge in [0.1, 0.15) is 5.60 Å². The first-order valence-electron chi connectivity index (χ1n) is 6.97. The third kappa shape index (κ3) is 1.79. The molecule has 1 aliphatic carbocycles. The summed E-state index contributed by atoms with van der Waals surface area (Å²) in [5, 5.41) is 7.91. The highest BCUT2D eigenvalue weighted by Crippen LogP contribution is 2.54. The zero-order chi connectivity index (χ0) is 12.2. The molecule has 2 aliphatic heterocycles. The molecule has 3 nitrogen and oxygen atoms in total. The van der Waals surface area contributed by atoms with E-state index in [9.17, 15) is 0 Å². The highest BCUT2D eigenvalue weighted by molar-refractivity contribution is 5.93. The highest BCUT2D eigenvalue weighted by Gasteiger charge is 2.59. The number of hydrogen-bond acceptors (Lipinski definition) is 3. The molecule has 17 heavy (non-hydrogen) atoms. The molecular weight excluding hydrogens is 212 g/mol. The van der Waals surface area contributed by atoms with E-state index < -0.39 is 0 Å². The van der Waals surface area contributed by atoms with Crippen molar-refractivity contribution in [2.24, 2.45) is 34.7 Å². The smallest absolute Gasteiger partial charge is 0.140 e. The molecule has 3 aliphatic rings. The Morgan fingerprint density at radius 3 is 2.59 bits per heavy atom. The third-order valence-electron chi connectivity index (χ3n) is 4.72. The Bertz CT molecular complexity index is 338. The molecule has 0 aromatic heterocycles. The van der Waals surface area contributed by atoms with Gasteiger partial charge in [-0.3, -0.25) is 0 Å². The van der Waals surface area contributed by atoms with Crippen LogP contribution in [0, 0.1) is 29.6 Å². The standard InChI is InChI=1S/C14H24N2O/c1-8(2)5-11-13(16-17-14(11,3)4)12-9-6-15-7-10(9)12/h8-12,15H,5-7H2,1-4H3/t9-,10+,11?,12?. The van der Waals surface area contributed by atoms with Crippen LogP contribution < -0.4 is 5.32 Å². The molecule has 0 spiro atoms. The fourth-order valence-electron chi connectivity index (χ4n) is 3.68. The van der Waals surface area contributed by atoms with Crippen LogP contribution in [-0.2, 0) is 4.84 Å². The van der Waals surface area contributed by atoms with Gasteiger partial charge in [0, 0.05) is 11.8 Å². The van der Waals surface area contributed by atoms with E-state index in [1.54, 1.807) is 0 Å². The molecule has 1 saturated carbocycles. The molecule has 0 amide bonds. The molecule has 96 valence electrons. The predicted octanol–water partition coefficient (Wildman–Crippen LogP) is 2.28. The van der Waals surface area contributed by atoms with Crippen molar-refractivity contribution in [1.82, 2.24) is 5.32 Å². The zero-order valence-corrected chi connectivity index (χ0v) is 11.4. The fourth-order valence-corrected chi connectivity index (χ4v) is 3.68. The summed E-state index contributed by atoms with van der Waals surface area (Å²) in [6.45, 7) is 11.3. The summed E-state index contributed by atoms with van der Waals surface area (Å²) in [5.74, 6) is 3.66. The van der Waals surface area contributed by atoms with E-state index >= 15 is 0 Å². The van der Waals surface area contributed by atoms with Crippen LogP contribution in [0.4, 0.5) is 0 Å². The van der Waals surface area contributed by atoms with Crippen molar-refractivity contribution in [1.29, 1.82) is 0 Å². The van der Waals surface area contributed by atoms with Gasteiger partial charge >= 0.3 is 0 Å². The van der Waals surface area contributed by atoms with Crippen LogP contribution in [0.2, 0.25) is 0 Å². The van der Waals surface area contributed by atoms with Crippen molar-refractivity contribution in [3.05, 3.63) is 0 Å². The average molecular weight is 236 g/mol. The van der Waals surface area contributed by atoms with Gasteiger partial charge in [-0.15, -0.1) is 0 Å². The lowest BCUT2D eigenvalue weighted by atomic mass is 9.79. The second-order valence-corrected chi connectivity index (χ2v) is 6.90. The summed E-state index contributed by atoms with van der Waals surface area (Å²) in [7, 11) is 0. The molecule has 0 radical (unpaired) electrons. The number of rotatable bonds is 3. The van der Waals surface area contributed by atoms with Crippen molar-refractivity contribution in [3.8, 4) is 0 Å². The van der Waals surface area contributed by atoms with Crippen molar-refractivity contribution in [2.45, 2.75) is 39.7 Å². The number of hydrogen-bond donors (Lipinski definition) is 1. The van der Waals surface area contributed by atoms with Crippen LogP contribution in [-0.4, -0.2) is 24.4 Å². The van der Waals surface area contributed by atoms with E-state index in [1.807, 2.05) is 0 Å². The lowest BCUT2D eigenvalue weighted by Gasteiger charge is -2.27. The minimum absolute atomic E-state index is 0.0933. The maximum absolute atomic E-state index is 5.70. The summed E-state index contributed by atoms with van der Waals surface area (Å²) in [5.41, 5.74) is 1.28. The molecule has 3 heteroatoms. The normalized spacial score (nSPS) is 42.3. The van der Waals surface area contributed by atoms with Crippen molar-refractivity contribution in [3.63, 3.8) is 0 Å². The number of fused-ring (bicyclic) bond motifs is 1. The number of piperidine rings is 1. The maximum Gasteiger partial charge on any atom is 0.140 e. The first kappa shape index (κ1) is 11.5. The Kier molecular flexibility index (Phi) is 2.51. The topological polar surface area (TPSA) is 33.6 Å². The van der Waals surface area contributed by atoms with Crippen LogP contribution in [0.1, 0.15) is 34.1 Å². The van der Waals surface area contributed by atoms with Gasteiger partial charge in [-0.25, -0.2) is 0 Å². The van der Waals surface area contributed by atoms with E-state index in [-0.39, 0.29) is 5.60 Å². The lowest BCUT2D eigenvalue weighted by molar-refractivity contribution is -0.0184. The van der Waals surface area contributed by atoms with E-state index in [0.29, 0.717) is 11.8 Å². The summed E-state index contributed by atoms with van der Waals surface area (Å²) in [4.78, 5) is 5.70. The molecule has 2 heterocycles. The average Bonchev–Trinajstić information content (AvgIpc) is 2.60. The minimum Gasteiger partial charge on any atom is -0.389 e. The van der Waals surface area contributed by atoms with Crippen LogP contribution in [0.25, 0.3) is 0 Å². The third-order valence-corrected chi connectivity index (χ3v) is 4.72. The SMILES string of the molecule is CC(C)CC1C(C2[C@H]3CNC[C@@H]23)=NOC1(C)C. The molecular formula is C14H24N2O. The van der Waals surface area contributed by atoms with Crippen LogP contribution in [0.15, 0.2) is 5.16 Å². The van der Waals surface area contributed by atoms with E-state index in [4.69, 9.17) is 4.84 Å². The van der Waals surface area contributed by atoms with Gasteiger partial charge in [0.05, 0.1) is 5.71 Å². The number of nitrogens with one attached hydrogen (secondary N) is 1. The van der Waals surface area contributed by atoms with Crippen LogP contribution in [0.5, 0.6) is 0 Å². The molecule has 2 unspecified atom stereocenters. The van der Waals surface area contributed by atoms with E-state index in [0.717, 1.165) is 17.8 Å². The fraction of sp³-hybridized carbons (Fsp3) is 0.929.